The Balaban J connectivity index is 0.00000289. The lowest BCUT2D eigenvalue weighted by atomic mass is 9.97. The van der Waals surface area contributed by atoms with E-state index in [1.807, 2.05) is 0 Å². The Bertz CT molecular complexity index is 410. The Morgan fingerprint density at radius 2 is 2.06 bits per heavy atom. The lowest BCUT2D eigenvalue weighted by Crippen LogP contribution is -2.13. The van der Waals surface area contributed by atoms with Gasteiger partial charge in [-0.2, -0.15) is 0 Å². The van der Waals surface area contributed by atoms with Crippen molar-refractivity contribution in [2.45, 2.75) is 26.3 Å². The molecular weight excluding hydrogens is 256 g/mol. The number of hydrogen-bond acceptors (Lipinski definition) is 4. The predicted molar refractivity (Wildman–Crippen MR) is 73.3 cm³/mol. The second kappa shape index (κ2) is 7.18. The van der Waals surface area contributed by atoms with Crippen LogP contribution >= 0.6 is 12.4 Å². The Kier molecular flexibility index (Phi) is 6.65. The highest BCUT2D eigenvalue weighted by molar-refractivity contribution is 5.85. The van der Waals surface area contributed by atoms with Crippen molar-refractivity contribution in [3.63, 3.8) is 0 Å². The predicted octanol–water partition coefficient (Wildman–Crippen LogP) is 3.07. The Labute approximate surface area is 113 Å². The smallest absolute Gasteiger partial charge is 0.311 e. The van der Waals surface area contributed by atoms with Crippen molar-refractivity contribution >= 4 is 18.1 Å². The molecule has 1 rings (SSSR count). The van der Waals surface area contributed by atoms with Gasteiger partial charge in [0.05, 0.1) is 12.0 Å². The number of benzene rings is 1. The van der Waals surface area contributed by atoms with Crippen LogP contribution in [0.4, 0.5) is 5.69 Å². The molecule has 0 fully saturated rings. The molecule has 1 atom stereocenters. The number of methoxy groups -OCH3 is 1. The number of ether oxygens (including phenoxy) is 1. The first-order valence-electron chi connectivity index (χ1n) is 5.53. The number of nitrogens with zero attached hydrogens (tertiary/aromatic N) is 1. The van der Waals surface area contributed by atoms with Crippen LogP contribution in [0, 0.1) is 16.0 Å². The van der Waals surface area contributed by atoms with Crippen molar-refractivity contribution in [1.29, 1.82) is 0 Å². The van der Waals surface area contributed by atoms with Crippen molar-refractivity contribution in [1.82, 2.24) is 0 Å². The fourth-order valence-electron chi connectivity index (χ4n) is 1.72. The van der Waals surface area contributed by atoms with E-state index in [4.69, 9.17) is 10.5 Å². The first-order chi connectivity index (χ1) is 7.95. The third kappa shape index (κ3) is 4.16. The van der Waals surface area contributed by atoms with Gasteiger partial charge in [-0.25, -0.2) is 0 Å². The van der Waals surface area contributed by atoms with Crippen molar-refractivity contribution in [2.24, 2.45) is 11.7 Å². The second-order valence-corrected chi connectivity index (χ2v) is 4.42. The van der Waals surface area contributed by atoms with E-state index in [0.717, 1.165) is 12.0 Å². The average Bonchev–Trinajstić information content (AvgIpc) is 2.27. The summed E-state index contributed by atoms with van der Waals surface area (Å²) in [5.74, 6) is 0.710. The maximum absolute atomic E-state index is 10.9. The normalized spacial score (nSPS) is 11.8. The highest BCUT2D eigenvalue weighted by Gasteiger charge is 2.18. The van der Waals surface area contributed by atoms with Crippen LogP contribution in [0.1, 0.15) is 31.9 Å². The first-order valence-corrected chi connectivity index (χ1v) is 5.53. The van der Waals surface area contributed by atoms with E-state index in [0.29, 0.717) is 5.92 Å². The van der Waals surface area contributed by atoms with E-state index < -0.39 is 4.92 Å². The molecule has 0 saturated carbocycles. The van der Waals surface area contributed by atoms with E-state index in [1.165, 1.54) is 13.2 Å². The van der Waals surface area contributed by atoms with Gasteiger partial charge in [0.25, 0.3) is 0 Å². The fraction of sp³-hybridized carbons (Fsp3) is 0.500. The summed E-state index contributed by atoms with van der Waals surface area (Å²) in [6.07, 6.45) is 0.795. The van der Waals surface area contributed by atoms with Crippen LogP contribution in [0.2, 0.25) is 0 Å². The molecule has 0 aliphatic carbocycles. The molecule has 6 heteroatoms. The molecule has 0 heterocycles. The van der Waals surface area contributed by atoms with Crippen LogP contribution < -0.4 is 10.5 Å². The van der Waals surface area contributed by atoms with Gasteiger partial charge < -0.3 is 10.5 Å². The third-order valence-corrected chi connectivity index (χ3v) is 2.55. The van der Waals surface area contributed by atoms with Crippen molar-refractivity contribution in [2.75, 3.05) is 7.11 Å². The highest BCUT2D eigenvalue weighted by atomic mass is 35.5. The van der Waals surface area contributed by atoms with Crippen LogP contribution in [-0.2, 0) is 0 Å². The zero-order chi connectivity index (χ0) is 13.0. The molecule has 0 aliphatic heterocycles. The topological polar surface area (TPSA) is 78.4 Å². The van der Waals surface area contributed by atoms with Crippen LogP contribution in [-0.4, -0.2) is 12.0 Å². The van der Waals surface area contributed by atoms with E-state index in [2.05, 4.69) is 13.8 Å². The molecule has 0 radical (unpaired) electrons. The van der Waals surface area contributed by atoms with E-state index >= 15 is 0 Å². The Morgan fingerprint density at radius 1 is 1.44 bits per heavy atom. The minimum Gasteiger partial charge on any atom is -0.490 e. The third-order valence-electron chi connectivity index (χ3n) is 2.55. The summed E-state index contributed by atoms with van der Waals surface area (Å²) in [7, 11) is 1.41. The molecule has 0 aliphatic rings. The van der Waals surface area contributed by atoms with Gasteiger partial charge >= 0.3 is 5.69 Å². The van der Waals surface area contributed by atoms with Gasteiger partial charge in [0, 0.05) is 12.1 Å². The molecule has 0 amide bonds. The van der Waals surface area contributed by atoms with E-state index in [1.54, 1.807) is 12.1 Å². The molecule has 2 N–H and O–H groups in total. The van der Waals surface area contributed by atoms with Gasteiger partial charge in [-0.3, -0.25) is 10.1 Å². The monoisotopic (exact) mass is 274 g/mol. The Morgan fingerprint density at radius 3 is 2.50 bits per heavy atom. The molecule has 102 valence electrons. The van der Waals surface area contributed by atoms with Crippen LogP contribution in [0.5, 0.6) is 5.75 Å². The van der Waals surface area contributed by atoms with Crippen LogP contribution in [0.25, 0.3) is 0 Å². The number of halogens is 1. The highest BCUT2D eigenvalue weighted by Crippen LogP contribution is 2.30. The van der Waals surface area contributed by atoms with Crippen molar-refractivity contribution in [3.8, 4) is 5.75 Å². The SMILES string of the molecule is COc1ccc([C@@H](N)CC(C)C)cc1[N+](=O)[O-].Cl. The molecule has 0 bridgehead atoms. The molecular formula is C12H19ClN2O3. The summed E-state index contributed by atoms with van der Waals surface area (Å²) in [5, 5.41) is 10.9. The number of nitro groups is 1. The fourth-order valence-corrected chi connectivity index (χ4v) is 1.72. The summed E-state index contributed by atoms with van der Waals surface area (Å²) < 4.78 is 4.94. The number of nitrogens with two attached hydrogens (primary N) is 1. The van der Waals surface area contributed by atoms with Crippen molar-refractivity contribution in [3.05, 3.63) is 33.9 Å². The maximum atomic E-state index is 10.9. The molecule has 0 aromatic heterocycles. The number of nitro benzene ring substituents is 1. The van der Waals surface area contributed by atoms with Crippen LogP contribution in [0.3, 0.4) is 0 Å². The van der Waals surface area contributed by atoms with Gasteiger partial charge in [0.2, 0.25) is 0 Å². The molecule has 1 aromatic carbocycles. The van der Waals surface area contributed by atoms with Gasteiger partial charge in [-0.05, 0) is 24.0 Å². The minimum absolute atomic E-state index is 0. The summed E-state index contributed by atoms with van der Waals surface area (Å²) in [4.78, 5) is 10.4. The molecule has 18 heavy (non-hydrogen) atoms. The van der Waals surface area contributed by atoms with Gasteiger partial charge in [-0.1, -0.05) is 19.9 Å². The van der Waals surface area contributed by atoms with Crippen molar-refractivity contribution < 1.29 is 9.66 Å². The zero-order valence-corrected chi connectivity index (χ0v) is 11.6. The first kappa shape index (κ1) is 16.7. The lowest BCUT2D eigenvalue weighted by Gasteiger charge is -2.14. The number of hydrogen-bond donors (Lipinski definition) is 1. The van der Waals surface area contributed by atoms with E-state index in [9.17, 15) is 10.1 Å². The summed E-state index contributed by atoms with van der Waals surface area (Å²) in [5.41, 5.74) is 6.72. The maximum Gasteiger partial charge on any atom is 0.311 e. The quantitative estimate of drug-likeness (QED) is 0.661. The van der Waals surface area contributed by atoms with Gasteiger partial charge in [0.1, 0.15) is 0 Å². The molecule has 5 nitrogen and oxygen atoms in total. The largest absolute Gasteiger partial charge is 0.490 e. The summed E-state index contributed by atoms with van der Waals surface area (Å²) >= 11 is 0. The van der Waals surface area contributed by atoms with E-state index in [-0.39, 0.29) is 29.9 Å². The van der Waals surface area contributed by atoms with Gasteiger partial charge in [-0.15, -0.1) is 12.4 Å². The molecule has 0 unspecified atom stereocenters. The Hall–Kier alpha value is -1.33. The summed E-state index contributed by atoms with van der Waals surface area (Å²) in [6, 6.07) is 4.68. The second-order valence-electron chi connectivity index (χ2n) is 4.42. The molecule has 0 spiro atoms. The number of rotatable bonds is 5. The van der Waals surface area contributed by atoms with Crippen LogP contribution in [0.15, 0.2) is 18.2 Å². The van der Waals surface area contributed by atoms with Gasteiger partial charge in [0.15, 0.2) is 5.75 Å². The minimum atomic E-state index is -0.454. The molecule has 0 saturated heterocycles. The molecule has 1 aromatic rings. The summed E-state index contributed by atoms with van der Waals surface area (Å²) in [6.45, 7) is 4.13. The standard InChI is InChI=1S/C12H18N2O3.ClH/c1-8(2)6-10(13)9-4-5-12(17-3)11(7-9)14(15)16;/h4-5,7-8,10H,6,13H2,1-3H3;1H/t10-;/m0./s1. The zero-order valence-electron chi connectivity index (χ0n) is 10.8. The average molecular weight is 275 g/mol. The lowest BCUT2D eigenvalue weighted by molar-refractivity contribution is -0.385.